The number of hydrogen-bond donors (Lipinski definition) is 1. The second-order valence-electron chi connectivity index (χ2n) is 5.65. The highest BCUT2D eigenvalue weighted by molar-refractivity contribution is 6.30. The van der Waals surface area contributed by atoms with Gasteiger partial charge in [0.1, 0.15) is 0 Å². The number of nitrogens with zero attached hydrogens (tertiary/aromatic N) is 1. The molecule has 4 nitrogen and oxygen atoms in total. The van der Waals surface area contributed by atoms with Gasteiger partial charge in [0.05, 0.1) is 12.0 Å². The largest absolute Gasteiger partial charge is 0.316 e. The average Bonchev–Trinajstić information content (AvgIpc) is 2.64. The standard InChI is InChI=1S/C15H17ClN2O2/c16-12-4-1-3-11(7-12)9-18-13(19)8-15(14(18)20)5-2-6-17-10-15/h1,3-4,7,17H,2,5-6,8-10H2/t15-/m1/s1. The van der Waals surface area contributed by atoms with E-state index in [4.69, 9.17) is 11.6 Å². The van der Waals surface area contributed by atoms with E-state index in [0.29, 0.717) is 24.5 Å². The van der Waals surface area contributed by atoms with Crippen LogP contribution in [0, 0.1) is 5.41 Å². The van der Waals surface area contributed by atoms with Gasteiger partial charge in [0.25, 0.3) is 0 Å². The Labute approximate surface area is 123 Å². The molecule has 1 N–H and O–H groups in total. The number of benzene rings is 1. The van der Waals surface area contributed by atoms with Crippen molar-refractivity contribution in [2.75, 3.05) is 13.1 Å². The van der Waals surface area contributed by atoms with Crippen LogP contribution >= 0.6 is 11.6 Å². The van der Waals surface area contributed by atoms with Crippen LogP contribution in [0.5, 0.6) is 0 Å². The minimum atomic E-state index is -0.506. The van der Waals surface area contributed by atoms with Crippen molar-refractivity contribution in [2.24, 2.45) is 5.41 Å². The molecule has 0 aliphatic carbocycles. The summed E-state index contributed by atoms with van der Waals surface area (Å²) in [5.74, 6) is -0.103. The summed E-state index contributed by atoms with van der Waals surface area (Å²) in [6.45, 7) is 1.86. The van der Waals surface area contributed by atoms with E-state index < -0.39 is 5.41 Å². The van der Waals surface area contributed by atoms with Gasteiger partial charge in [-0.15, -0.1) is 0 Å². The molecule has 1 spiro atoms. The Morgan fingerprint density at radius 1 is 1.35 bits per heavy atom. The summed E-state index contributed by atoms with van der Waals surface area (Å²) >= 11 is 5.95. The predicted molar refractivity (Wildman–Crippen MR) is 76.2 cm³/mol. The minimum Gasteiger partial charge on any atom is -0.316 e. The second-order valence-corrected chi connectivity index (χ2v) is 6.09. The topological polar surface area (TPSA) is 49.4 Å². The summed E-state index contributed by atoms with van der Waals surface area (Å²) in [6, 6.07) is 7.30. The Hall–Kier alpha value is -1.39. The van der Waals surface area contributed by atoms with Crippen LogP contribution in [0.2, 0.25) is 5.02 Å². The molecule has 3 rings (SSSR count). The van der Waals surface area contributed by atoms with E-state index in [9.17, 15) is 9.59 Å². The first kappa shape index (κ1) is 13.6. The molecule has 0 bridgehead atoms. The van der Waals surface area contributed by atoms with Gasteiger partial charge in [-0.3, -0.25) is 14.5 Å². The summed E-state index contributed by atoms with van der Waals surface area (Å²) in [7, 11) is 0. The molecule has 2 amide bonds. The van der Waals surface area contributed by atoms with E-state index in [0.717, 1.165) is 24.9 Å². The van der Waals surface area contributed by atoms with Crippen molar-refractivity contribution in [2.45, 2.75) is 25.8 Å². The number of amides is 2. The molecule has 2 fully saturated rings. The van der Waals surface area contributed by atoms with Crippen LogP contribution in [0.25, 0.3) is 0 Å². The van der Waals surface area contributed by atoms with E-state index in [1.54, 1.807) is 12.1 Å². The van der Waals surface area contributed by atoms with Crippen molar-refractivity contribution in [1.29, 1.82) is 0 Å². The van der Waals surface area contributed by atoms with E-state index >= 15 is 0 Å². The van der Waals surface area contributed by atoms with Crippen molar-refractivity contribution >= 4 is 23.4 Å². The van der Waals surface area contributed by atoms with Crippen molar-refractivity contribution in [1.82, 2.24) is 10.2 Å². The van der Waals surface area contributed by atoms with Gasteiger partial charge in [-0.1, -0.05) is 23.7 Å². The highest BCUT2D eigenvalue weighted by Crippen LogP contribution is 2.39. The fraction of sp³-hybridized carbons (Fsp3) is 0.467. The molecule has 106 valence electrons. The monoisotopic (exact) mass is 292 g/mol. The van der Waals surface area contributed by atoms with E-state index in [1.807, 2.05) is 12.1 Å². The Morgan fingerprint density at radius 3 is 2.90 bits per heavy atom. The number of carbonyl (C=O) groups is 2. The van der Waals surface area contributed by atoms with Gasteiger partial charge >= 0.3 is 0 Å². The normalized spacial score (nSPS) is 26.6. The average molecular weight is 293 g/mol. The van der Waals surface area contributed by atoms with Crippen molar-refractivity contribution < 1.29 is 9.59 Å². The maximum Gasteiger partial charge on any atom is 0.237 e. The number of nitrogens with one attached hydrogen (secondary N) is 1. The number of halogens is 1. The predicted octanol–water partition coefficient (Wildman–Crippen LogP) is 1.97. The molecule has 1 aromatic rings. The number of imide groups is 1. The maximum absolute atomic E-state index is 12.6. The van der Waals surface area contributed by atoms with E-state index in [-0.39, 0.29) is 11.8 Å². The minimum absolute atomic E-state index is 0.0327. The lowest BCUT2D eigenvalue weighted by Crippen LogP contribution is -2.45. The fourth-order valence-corrected chi connectivity index (χ4v) is 3.35. The lowest BCUT2D eigenvalue weighted by Gasteiger charge is -2.31. The van der Waals surface area contributed by atoms with Gasteiger partial charge in [0.15, 0.2) is 0 Å². The van der Waals surface area contributed by atoms with Gasteiger partial charge in [-0.2, -0.15) is 0 Å². The van der Waals surface area contributed by atoms with Crippen LogP contribution in [0.15, 0.2) is 24.3 Å². The van der Waals surface area contributed by atoms with E-state index in [1.165, 1.54) is 4.90 Å². The molecule has 0 saturated carbocycles. The Bertz CT molecular complexity index is 553. The molecular formula is C15H17ClN2O2. The van der Waals surface area contributed by atoms with Gasteiger partial charge in [-0.25, -0.2) is 0 Å². The quantitative estimate of drug-likeness (QED) is 0.848. The molecule has 2 heterocycles. The number of hydrogen-bond acceptors (Lipinski definition) is 3. The van der Waals surface area contributed by atoms with Crippen LogP contribution in [-0.2, 0) is 16.1 Å². The molecular weight excluding hydrogens is 276 g/mol. The summed E-state index contributed by atoms with van der Waals surface area (Å²) in [4.78, 5) is 26.2. The Morgan fingerprint density at radius 2 is 2.20 bits per heavy atom. The number of rotatable bonds is 2. The molecule has 0 aromatic heterocycles. The zero-order valence-electron chi connectivity index (χ0n) is 11.2. The van der Waals surface area contributed by atoms with Crippen molar-refractivity contribution in [3.8, 4) is 0 Å². The number of carbonyl (C=O) groups excluding carboxylic acids is 2. The number of piperidine rings is 1. The molecule has 0 unspecified atom stereocenters. The van der Waals surface area contributed by atoms with Crippen LogP contribution in [0.4, 0.5) is 0 Å². The van der Waals surface area contributed by atoms with Gasteiger partial charge in [0.2, 0.25) is 11.8 Å². The third-order valence-electron chi connectivity index (χ3n) is 4.19. The maximum atomic E-state index is 12.6. The molecule has 1 aromatic carbocycles. The van der Waals surface area contributed by atoms with Gasteiger partial charge < -0.3 is 5.32 Å². The first-order valence-electron chi connectivity index (χ1n) is 6.91. The first-order valence-corrected chi connectivity index (χ1v) is 7.28. The molecule has 2 aliphatic rings. The Balaban J connectivity index is 1.80. The lowest BCUT2D eigenvalue weighted by molar-refractivity contribution is -0.142. The molecule has 20 heavy (non-hydrogen) atoms. The molecule has 5 heteroatoms. The van der Waals surface area contributed by atoms with Crippen LogP contribution in [0.3, 0.4) is 0 Å². The summed E-state index contributed by atoms with van der Waals surface area (Å²) in [6.07, 6.45) is 2.08. The van der Waals surface area contributed by atoms with Crippen LogP contribution < -0.4 is 5.32 Å². The molecule has 0 radical (unpaired) electrons. The van der Waals surface area contributed by atoms with Gasteiger partial charge in [0, 0.05) is 18.0 Å². The molecule has 2 aliphatic heterocycles. The fourth-order valence-electron chi connectivity index (χ4n) is 3.14. The van der Waals surface area contributed by atoms with Crippen molar-refractivity contribution in [3.05, 3.63) is 34.9 Å². The van der Waals surface area contributed by atoms with Gasteiger partial charge in [-0.05, 0) is 37.1 Å². The highest BCUT2D eigenvalue weighted by atomic mass is 35.5. The zero-order chi connectivity index (χ0) is 14.2. The lowest BCUT2D eigenvalue weighted by atomic mass is 9.79. The van der Waals surface area contributed by atoms with Crippen LogP contribution in [-0.4, -0.2) is 29.8 Å². The summed E-state index contributed by atoms with van der Waals surface area (Å²) in [5, 5.41) is 3.86. The van der Waals surface area contributed by atoms with Crippen molar-refractivity contribution in [3.63, 3.8) is 0 Å². The second kappa shape index (κ2) is 5.19. The van der Waals surface area contributed by atoms with E-state index in [2.05, 4.69) is 5.32 Å². The van der Waals surface area contributed by atoms with Crippen LogP contribution in [0.1, 0.15) is 24.8 Å². The zero-order valence-corrected chi connectivity index (χ0v) is 11.9. The molecule has 2 saturated heterocycles. The Kier molecular flexibility index (Phi) is 3.52. The SMILES string of the molecule is O=C1C[C@@]2(CCCNC2)C(=O)N1Cc1cccc(Cl)c1. The summed E-state index contributed by atoms with van der Waals surface area (Å²) in [5.41, 5.74) is 0.383. The molecule has 1 atom stereocenters. The first-order chi connectivity index (χ1) is 9.61. The third-order valence-corrected chi connectivity index (χ3v) is 4.43. The third kappa shape index (κ3) is 2.34. The smallest absolute Gasteiger partial charge is 0.237 e. The summed E-state index contributed by atoms with van der Waals surface area (Å²) < 4.78 is 0. The number of likely N-dealkylation sites (tertiary alicyclic amines) is 1. The highest BCUT2D eigenvalue weighted by Gasteiger charge is 2.51.